The van der Waals surface area contributed by atoms with Gasteiger partial charge in [-0.1, -0.05) is 29.7 Å². The number of pyridine rings is 1. The Bertz CT molecular complexity index is 2340. The molecule has 0 radical (unpaired) electrons. The Kier molecular flexibility index (Phi) is 8.02. The lowest BCUT2D eigenvalue weighted by Gasteiger charge is -2.34. The number of ether oxygens (including phenoxy) is 2. The van der Waals surface area contributed by atoms with Gasteiger partial charge in [-0.15, -0.1) is 17.8 Å². The van der Waals surface area contributed by atoms with E-state index in [-0.39, 0.29) is 84.3 Å². The minimum atomic E-state index is -0.993. The topological polar surface area (TPSA) is 139 Å². The number of nitriles is 1. The van der Waals surface area contributed by atoms with Crippen molar-refractivity contribution in [3.05, 3.63) is 58.2 Å². The highest BCUT2D eigenvalue weighted by atomic mass is 35.5. The average molecular weight is 731 g/mol. The fourth-order valence-electron chi connectivity index (χ4n) is 7.92. The summed E-state index contributed by atoms with van der Waals surface area (Å²) in [6, 6.07) is 6.57. The van der Waals surface area contributed by atoms with E-state index in [9.17, 15) is 9.65 Å². The zero-order valence-electron chi connectivity index (χ0n) is 27.2. The summed E-state index contributed by atoms with van der Waals surface area (Å²) in [6.45, 7) is 2.90. The molecule has 8 rings (SSSR count). The number of nitrogens with two attached hydrogens (primary N) is 2. The second-order valence-electron chi connectivity index (χ2n) is 13.1. The minimum absolute atomic E-state index is 0.0104. The third-order valence-electron chi connectivity index (χ3n) is 10.3. The number of alkyl halides is 1. The van der Waals surface area contributed by atoms with Crippen LogP contribution in [0, 0.1) is 35.3 Å². The number of thiophene rings is 1. The second kappa shape index (κ2) is 12.3. The standard InChI is InChI=1S/C36H30ClF3N8O2S/c1-3-19-15-49-30-26-29(28(40)25(27(30)37)21-7-8-23(39)31-24(21)22(13-41)33(43)51-31)45-35(50-16-36-9-5-11-47(36)14-18(38)12-36)46-34(26)48(19)17(2)20-6-4-10-44-32(20)42/h1,4,6-8,10,17-19H,5,9,11-12,14-16,43H2,2H3,(H2,42,44)/t17-,18-,19+,36+/m1/s1. The number of aromatic nitrogens is 3. The number of halogens is 4. The first-order valence-electron chi connectivity index (χ1n) is 16.3. The molecule has 4 atom stereocenters. The number of hydrogen-bond donors (Lipinski definition) is 2. The van der Waals surface area contributed by atoms with Crippen LogP contribution in [0.25, 0.3) is 32.1 Å². The summed E-state index contributed by atoms with van der Waals surface area (Å²) in [7, 11) is 0. The highest BCUT2D eigenvalue weighted by Crippen LogP contribution is 2.52. The summed E-state index contributed by atoms with van der Waals surface area (Å²) in [6.07, 6.45) is 8.61. The molecule has 0 saturated carbocycles. The van der Waals surface area contributed by atoms with Crippen LogP contribution >= 0.6 is 22.9 Å². The first kappa shape index (κ1) is 33.1. The molecule has 0 spiro atoms. The Morgan fingerprint density at radius 2 is 2.08 bits per heavy atom. The highest BCUT2D eigenvalue weighted by molar-refractivity contribution is 7.23. The molecule has 10 nitrogen and oxygen atoms in total. The number of rotatable bonds is 6. The van der Waals surface area contributed by atoms with Crippen LogP contribution in [0.1, 0.15) is 43.4 Å². The molecule has 3 aliphatic heterocycles. The maximum Gasteiger partial charge on any atom is 0.319 e. The summed E-state index contributed by atoms with van der Waals surface area (Å²) < 4.78 is 59.8. The summed E-state index contributed by atoms with van der Waals surface area (Å²) in [5, 5.41) is 10.1. The molecule has 0 bridgehead atoms. The third-order valence-corrected chi connectivity index (χ3v) is 11.7. The Hall–Kier alpha value is -5.02. The molecule has 3 aliphatic rings. The molecule has 4 N–H and O–H groups in total. The SMILES string of the molecule is C#C[C@H]1COc2c(Cl)c(-c3ccc(F)c4sc(N)c(C#N)c34)c(F)c3nc(OC[C@@]45CCCN4C[C@H](F)C5)nc(c23)N1[C@H](C)c1cccnc1N. The van der Waals surface area contributed by atoms with E-state index in [2.05, 4.69) is 20.8 Å². The monoisotopic (exact) mass is 730 g/mol. The molecule has 3 aromatic heterocycles. The fraction of sp³-hybridized carbons (Fsp3) is 0.333. The fourth-order valence-corrected chi connectivity index (χ4v) is 9.20. The van der Waals surface area contributed by atoms with E-state index in [1.807, 2.05) is 13.0 Å². The van der Waals surface area contributed by atoms with E-state index < -0.39 is 35.4 Å². The van der Waals surface area contributed by atoms with Gasteiger partial charge in [-0.25, -0.2) is 18.2 Å². The summed E-state index contributed by atoms with van der Waals surface area (Å²) in [5.74, 6) is 1.72. The third kappa shape index (κ3) is 5.07. The molecule has 6 heterocycles. The minimum Gasteiger partial charge on any atom is -0.488 e. The van der Waals surface area contributed by atoms with Crippen LogP contribution in [0.3, 0.4) is 0 Å². The van der Waals surface area contributed by atoms with Gasteiger partial charge in [-0.3, -0.25) is 4.90 Å². The number of anilines is 3. The van der Waals surface area contributed by atoms with Crippen molar-refractivity contribution in [3.63, 3.8) is 0 Å². The Balaban J connectivity index is 1.39. The van der Waals surface area contributed by atoms with Gasteiger partial charge >= 0.3 is 6.01 Å². The number of hydrogen-bond acceptors (Lipinski definition) is 11. The van der Waals surface area contributed by atoms with Gasteiger partial charge in [0.2, 0.25) is 0 Å². The second-order valence-corrected chi connectivity index (χ2v) is 14.5. The number of terminal acetylenes is 1. The van der Waals surface area contributed by atoms with Crippen LogP contribution in [0.2, 0.25) is 5.02 Å². The van der Waals surface area contributed by atoms with Gasteiger partial charge in [-0.2, -0.15) is 15.2 Å². The molecule has 2 fully saturated rings. The van der Waals surface area contributed by atoms with E-state index in [1.165, 1.54) is 6.07 Å². The average Bonchev–Trinajstić information content (AvgIpc) is 3.72. The summed E-state index contributed by atoms with van der Waals surface area (Å²) in [5.41, 5.74) is 12.2. The van der Waals surface area contributed by atoms with Crippen molar-refractivity contribution in [1.29, 1.82) is 5.26 Å². The van der Waals surface area contributed by atoms with E-state index in [0.717, 1.165) is 36.8 Å². The molecule has 260 valence electrons. The van der Waals surface area contributed by atoms with Gasteiger partial charge in [0.05, 0.1) is 32.3 Å². The van der Waals surface area contributed by atoms with Crippen molar-refractivity contribution >= 4 is 60.6 Å². The smallest absolute Gasteiger partial charge is 0.319 e. The van der Waals surface area contributed by atoms with Crippen molar-refractivity contribution in [1.82, 2.24) is 19.9 Å². The maximum absolute atomic E-state index is 17.4. The predicted molar refractivity (Wildman–Crippen MR) is 191 cm³/mol. The number of nitrogen functional groups attached to an aromatic ring is 2. The van der Waals surface area contributed by atoms with Gasteiger partial charge < -0.3 is 25.8 Å². The number of benzene rings is 2. The zero-order chi connectivity index (χ0) is 35.8. The Morgan fingerprint density at radius 3 is 2.84 bits per heavy atom. The van der Waals surface area contributed by atoms with E-state index in [0.29, 0.717) is 18.5 Å². The van der Waals surface area contributed by atoms with Crippen molar-refractivity contribution in [3.8, 4) is 41.3 Å². The Morgan fingerprint density at radius 1 is 1.25 bits per heavy atom. The first-order chi connectivity index (χ1) is 24.6. The highest BCUT2D eigenvalue weighted by Gasteiger charge is 2.49. The molecular formula is C36H30ClF3N8O2S. The molecule has 15 heteroatoms. The molecule has 5 aromatic rings. The van der Waals surface area contributed by atoms with Gasteiger partial charge in [0, 0.05) is 35.7 Å². The maximum atomic E-state index is 17.4. The lowest BCUT2D eigenvalue weighted by molar-refractivity contribution is 0.107. The van der Waals surface area contributed by atoms with Crippen LogP contribution in [-0.4, -0.2) is 63.9 Å². The molecule has 2 saturated heterocycles. The largest absolute Gasteiger partial charge is 0.488 e. The molecule has 0 aliphatic carbocycles. The van der Waals surface area contributed by atoms with Gasteiger partial charge in [0.15, 0.2) is 11.6 Å². The van der Waals surface area contributed by atoms with Crippen molar-refractivity contribution in [2.45, 2.75) is 50.0 Å². The zero-order valence-corrected chi connectivity index (χ0v) is 28.8. The van der Waals surface area contributed by atoms with Crippen LogP contribution < -0.4 is 25.8 Å². The Labute approximate surface area is 299 Å². The quantitative estimate of drug-likeness (QED) is 0.180. The molecule has 51 heavy (non-hydrogen) atoms. The van der Waals surface area contributed by atoms with Crippen LogP contribution in [0.4, 0.5) is 29.8 Å². The van der Waals surface area contributed by atoms with Crippen molar-refractivity contribution in [2.24, 2.45) is 0 Å². The van der Waals surface area contributed by atoms with Crippen LogP contribution in [0.5, 0.6) is 11.8 Å². The number of nitrogens with zero attached hydrogens (tertiary/aromatic N) is 6. The van der Waals surface area contributed by atoms with Crippen molar-refractivity contribution in [2.75, 3.05) is 42.7 Å². The van der Waals surface area contributed by atoms with Gasteiger partial charge in [0.25, 0.3) is 0 Å². The summed E-state index contributed by atoms with van der Waals surface area (Å²) >= 11 is 7.95. The van der Waals surface area contributed by atoms with Gasteiger partial charge in [0.1, 0.15) is 59.5 Å². The van der Waals surface area contributed by atoms with Crippen molar-refractivity contribution < 1.29 is 22.6 Å². The lowest BCUT2D eigenvalue weighted by atomic mass is 9.95. The van der Waals surface area contributed by atoms with Crippen LogP contribution in [0.15, 0.2) is 30.5 Å². The van der Waals surface area contributed by atoms with E-state index in [1.54, 1.807) is 23.2 Å². The van der Waals surface area contributed by atoms with E-state index >= 15 is 8.78 Å². The molecular weight excluding hydrogens is 701 g/mol. The van der Waals surface area contributed by atoms with E-state index in [4.69, 9.17) is 43.9 Å². The molecule has 0 unspecified atom stereocenters. The van der Waals surface area contributed by atoms with Gasteiger partial charge in [-0.05, 0) is 44.0 Å². The lowest BCUT2D eigenvalue weighted by Crippen LogP contribution is -2.43. The summed E-state index contributed by atoms with van der Waals surface area (Å²) in [4.78, 5) is 17.5. The predicted octanol–water partition coefficient (Wildman–Crippen LogP) is 6.79. The normalized spacial score (nSPS) is 22.0. The number of fused-ring (bicyclic) bond motifs is 2. The molecule has 0 amide bonds. The van der Waals surface area contributed by atoms with Crippen LogP contribution in [-0.2, 0) is 0 Å². The first-order valence-corrected chi connectivity index (χ1v) is 17.5. The molecule has 2 aromatic carbocycles.